The Morgan fingerprint density at radius 1 is 0.386 bits per heavy atom. The first-order valence-electron chi connectivity index (χ1n) is 31.9. The van der Waals surface area contributed by atoms with Gasteiger partial charge in [0.1, 0.15) is 0 Å². The van der Waals surface area contributed by atoms with Crippen LogP contribution in [0.3, 0.4) is 0 Å². The zero-order valence-electron chi connectivity index (χ0n) is 47.5. The Hall–Kier alpha value is -1.40. The third-order valence-electron chi connectivity index (χ3n) is 15.1. The number of allylic oxidation sites excluding steroid dienone is 2. The Morgan fingerprint density at radius 3 is 1.01 bits per heavy atom. The van der Waals surface area contributed by atoms with Crippen molar-refractivity contribution in [2.75, 3.05) is 13.2 Å². The summed E-state index contributed by atoms with van der Waals surface area (Å²) < 4.78 is 5.49. The van der Waals surface area contributed by atoms with Crippen molar-refractivity contribution in [3.05, 3.63) is 12.2 Å². The first-order chi connectivity index (χ1) is 34.5. The normalized spacial score (nSPS) is 12.6. The van der Waals surface area contributed by atoms with Crippen LogP contribution >= 0.6 is 0 Å². The van der Waals surface area contributed by atoms with Gasteiger partial charge in [-0.25, -0.2) is 0 Å². The van der Waals surface area contributed by atoms with Gasteiger partial charge < -0.3 is 20.3 Å². The minimum Gasteiger partial charge on any atom is -0.466 e. The summed E-state index contributed by atoms with van der Waals surface area (Å²) in [5, 5.41) is 23.4. The van der Waals surface area contributed by atoms with Crippen molar-refractivity contribution in [1.29, 1.82) is 0 Å². The fourth-order valence-electron chi connectivity index (χ4n) is 10.2. The molecule has 0 aliphatic heterocycles. The Labute approximate surface area is 438 Å². The minimum absolute atomic E-state index is 0.00812. The quantitative estimate of drug-likeness (QED) is 0.0321. The second kappa shape index (κ2) is 60.2. The zero-order chi connectivity index (χ0) is 50.7. The molecular formula is C64H125NO5. The van der Waals surface area contributed by atoms with Crippen LogP contribution in [0, 0.1) is 0 Å². The third kappa shape index (κ3) is 55.9. The monoisotopic (exact) mass is 988 g/mol. The molecule has 0 aromatic heterocycles. The Balaban J connectivity index is 3.43. The lowest BCUT2D eigenvalue weighted by Crippen LogP contribution is -2.45. The molecular weight excluding hydrogens is 863 g/mol. The lowest BCUT2D eigenvalue weighted by atomic mass is 10.0. The molecule has 0 spiro atoms. The molecule has 0 saturated heterocycles. The Morgan fingerprint density at radius 2 is 0.671 bits per heavy atom. The van der Waals surface area contributed by atoms with E-state index in [4.69, 9.17) is 4.74 Å². The molecule has 6 nitrogen and oxygen atoms in total. The number of hydrogen-bond donors (Lipinski definition) is 3. The van der Waals surface area contributed by atoms with Crippen LogP contribution in [0.1, 0.15) is 361 Å². The third-order valence-corrected chi connectivity index (χ3v) is 15.1. The number of rotatable bonds is 60. The molecule has 6 heteroatoms. The van der Waals surface area contributed by atoms with Gasteiger partial charge >= 0.3 is 5.97 Å². The second-order valence-electron chi connectivity index (χ2n) is 22.1. The van der Waals surface area contributed by atoms with Gasteiger partial charge in [0.2, 0.25) is 5.91 Å². The molecule has 3 N–H and O–H groups in total. The first-order valence-corrected chi connectivity index (χ1v) is 31.9. The van der Waals surface area contributed by atoms with Gasteiger partial charge in [-0.2, -0.15) is 0 Å². The van der Waals surface area contributed by atoms with E-state index in [-0.39, 0.29) is 18.5 Å². The van der Waals surface area contributed by atoms with Crippen molar-refractivity contribution in [3.63, 3.8) is 0 Å². The lowest BCUT2D eigenvalue weighted by Gasteiger charge is -2.22. The lowest BCUT2D eigenvalue weighted by molar-refractivity contribution is -0.143. The SMILES string of the molecule is CCCCCCCC/C=C\CCCCCCCCCCCC(=O)OCCCCCCCCCCCCCCC(=O)NC(CO)C(O)CCCCCCCCCCCCCCCCCCCCCCCC. The van der Waals surface area contributed by atoms with E-state index in [9.17, 15) is 19.8 Å². The Kier molecular flexibility index (Phi) is 59.0. The van der Waals surface area contributed by atoms with Crippen LogP contribution in [0.4, 0.5) is 0 Å². The highest BCUT2D eigenvalue weighted by molar-refractivity contribution is 5.76. The van der Waals surface area contributed by atoms with Gasteiger partial charge in [-0.05, 0) is 51.4 Å². The van der Waals surface area contributed by atoms with Gasteiger partial charge in [0.25, 0.3) is 0 Å². The highest BCUT2D eigenvalue weighted by atomic mass is 16.5. The van der Waals surface area contributed by atoms with E-state index >= 15 is 0 Å². The standard InChI is InChI=1S/C64H125NO5/c1-3-5-7-9-11-13-15-17-19-21-23-24-25-27-28-30-32-36-40-44-48-52-56-62(67)61(60-66)65-63(68)57-53-49-45-41-37-34-35-39-43-47-51-55-59-70-64(69)58-54-50-46-42-38-33-31-29-26-22-20-18-16-14-12-10-8-6-4-2/h18,20,61-62,66-67H,3-17,19,21-60H2,1-2H3,(H,65,68)/b20-18-. The fraction of sp³-hybridized carbons (Fsp3) is 0.938. The van der Waals surface area contributed by atoms with Crippen LogP contribution in [-0.2, 0) is 14.3 Å². The number of ether oxygens (including phenoxy) is 1. The molecule has 0 radical (unpaired) electrons. The molecule has 0 saturated carbocycles. The van der Waals surface area contributed by atoms with Crippen LogP contribution in [0.2, 0.25) is 0 Å². The van der Waals surface area contributed by atoms with E-state index in [1.807, 2.05) is 0 Å². The van der Waals surface area contributed by atoms with Crippen LogP contribution in [0.15, 0.2) is 12.2 Å². The number of aliphatic hydroxyl groups excluding tert-OH is 2. The number of nitrogens with one attached hydrogen (secondary N) is 1. The van der Waals surface area contributed by atoms with Gasteiger partial charge in [-0.15, -0.1) is 0 Å². The zero-order valence-corrected chi connectivity index (χ0v) is 47.5. The second-order valence-corrected chi connectivity index (χ2v) is 22.1. The smallest absolute Gasteiger partial charge is 0.305 e. The van der Waals surface area contributed by atoms with Crippen LogP contribution < -0.4 is 5.32 Å². The number of carbonyl (C=O) groups is 2. The summed E-state index contributed by atoms with van der Waals surface area (Å²) in [6, 6.07) is -0.554. The van der Waals surface area contributed by atoms with Gasteiger partial charge in [-0.1, -0.05) is 309 Å². The average Bonchev–Trinajstić information content (AvgIpc) is 3.36. The molecule has 0 heterocycles. The van der Waals surface area contributed by atoms with Crippen LogP contribution in [0.25, 0.3) is 0 Å². The summed E-state index contributed by atoms with van der Waals surface area (Å²) in [6.45, 7) is 4.95. The van der Waals surface area contributed by atoms with E-state index in [1.165, 1.54) is 270 Å². The summed E-state index contributed by atoms with van der Waals surface area (Å²) in [4.78, 5) is 24.6. The van der Waals surface area contributed by atoms with Crippen LogP contribution in [0.5, 0.6) is 0 Å². The number of amides is 1. The molecule has 0 fully saturated rings. The molecule has 0 rings (SSSR count). The average molecular weight is 989 g/mol. The van der Waals surface area contributed by atoms with Gasteiger partial charge in [0, 0.05) is 12.8 Å². The van der Waals surface area contributed by atoms with E-state index in [1.54, 1.807) is 0 Å². The van der Waals surface area contributed by atoms with Gasteiger partial charge in [0.15, 0.2) is 0 Å². The molecule has 0 bridgehead atoms. The van der Waals surface area contributed by atoms with Crippen molar-refractivity contribution in [3.8, 4) is 0 Å². The van der Waals surface area contributed by atoms with E-state index in [0.29, 0.717) is 25.9 Å². The largest absolute Gasteiger partial charge is 0.466 e. The molecule has 0 aliphatic rings. The summed E-state index contributed by atoms with van der Waals surface area (Å²) in [5.41, 5.74) is 0. The maximum Gasteiger partial charge on any atom is 0.305 e. The molecule has 2 atom stereocenters. The summed E-state index contributed by atoms with van der Waals surface area (Å²) in [7, 11) is 0. The van der Waals surface area contributed by atoms with Gasteiger partial charge in [-0.3, -0.25) is 9.59 Å². The maximum atomic E-state index is 12.5. The molecule has 70 heavy (non-hydrogen) atoms. The highest BCUT2D eigenvalue weighted by Crippen LogP contribution is 2.18. The first kappa shape index (κ1) is 68.6. The van der Waals surface area contributed by atoms with Crippen LogP contribution in [-0.4, -0.2) is 47.4 Å². The van der Waals surface area contributed by atoms with Crippen molar-refractivity contribution in [1.82, 2.24) is 5.32 Å². The van der Waals surface area contributed by atoms with Crippen molar-refractivity contribution in [2.24, 2.45) is 0 Å². The molecule has 1 amide bonds. The maximum absolute atomic E-state index is 12.5. The molecule has 0 aromatic carbocycles. The molecule has 0 aliphatic carbocycles. The number of esters is 1. The minimum atomic E-state index is -0.675. The number of aliphatic hydroxyl groups is 2. The number of carbonyl (C=O) groups excluding carboxylic acids is 2. The number of unbranched alkanes of at least 4 members (excludes halogenated alkanes) is 47. The molecule has 416 valence electrons. The predicted molar refractivity (Wildman–Crippen MR) is 306 cm³/mol. The number of hydrogen-bond acceptors (Lipinski definition) is 5. The van der Waals surface area contributed by atoms with Crippen molar-refractivity contribution in [2.45, 2.75) is 373 Å². The summed E-state index contributed by atoms with van der Waals surface area (Å²) in [5.74, 6) is -0.0543. The highest BCUT2D eigenvalue weighted by Gasteiger charge is 2.20. The molecule has 0 aromatic rings. The van der Waals surface area contributed by atoms with Crippen molar-refractivity contribution >= 4 is 11.9 Å². The van der Waals surface area contributed by atoms with E-state index < -0.39 is 12.1 Å². The fourth-order valence-corrected chi connectivity index (χ4v) is 10.2. The Bertz CT molecular complexity index is 1050. The molecule has 2 unspecified atom stereocenters. The van der Waals surface area contributed by atoms with Gasteiger partial charge in [0.05, 0.1) is 25.4 Å². The summed E-state index contributed by atoms with van der Waals surface area (Å²) in [6.07, 6.45) is 72.2. The summed E-state index contributed by atoms with van der Waals surface area (Å²) >= 11 is 0. The van der Waals surface area contributed by atoms with Crippen molar-refractivity contribution < 1.29 is 24.5 Å². The van der Waals surface area contributed by atoms with E-state index in [2.05, 4.69) is 31.3 Å². The predicted octanol–water partition coefficient (Wildman–Crippen LogP) is 20.0. The topological polar surface area (TPSA) is 95.9 Å². The van der Waals surface area contributed by atoms with E-state index in [0.717, 1.165) is 57.8 Å².